The first-order valence-corrected chi connectivity index (χ1v) is 3.39. The molecule has 1 atom stereocenters. The third kappa shape index (κ3) is 2.57. The molecular weight excluding hydrogens is 151 g/mol. The van der Waals surface area contributed by atoms with Crippen molar-refractivity contribution in [1.82, 2.24) is 0 Å². The van der Waals surface area contributed by atoms with E-state index in [4.69, 9.17) is 10.2 Å². The van der Waals surface area contributed by atoms with Gasteiger partial charge in [-0.05, 0) is 7.60 Å². The summed E-state index contributed by atoms with van der Waals surface area (Å²) in [4.78, 5) is 28.8. The monoisotopic (exact) mass is 154 g/mol. The normalized spacial score (nSPS) is 15.0. The second-order valence-electron chi connectivity index (χ2n) is 1.25. The highest BCUT2D eigenvalue weighted by atomic mass is 31.2. The summed E-state index contributed by atoms with van der Waals surface area (Å²) < 4.78 is 9.61. The molecule has 0 aliphatic heterocycles. The molecule has 0 radical (unpaired) electrons. The molecule has 0 bridgehead atoms. The number of carboxylic acid groups (broad SMARTS) is 1. The van der Waals surface area contributed by atoms with Gasteiger partial charge in [0.2, 0.25) is 0 Å². The number of aliphatic carboxylic acids is 1. The van der Waals surface area contributed by atoms with Crippen molar-refractivity contribution in [2.24, 2.45) is 0 Å². The van der Waals surface area contributed by atoms with Crippen molar-refractivity contribution < 1.29 is 29.4 Å². The second kappa shape index (κ2) is 2.45. The molecule has 0 rings (SSSR count). The molecule has 0 aliphatic rings. The average Bonchev–Trinajstić information content (AvgIpc) is 1.62. The minimum Gasteiger partial charge on any atom is -0.809 e. The van der Waals surface area contributed by atoms with Crippen LogP contribution in [0.1, 0.15) is 0 Å². The van der Waals surface area contributed by atoms with Gasteiger partial charge in [0.1, 0.15) is 0 Å². The molecule has 0 saturated heterocycles. The van der Waals surface area contributed by atoms with E-state index in [1.54, 1.807) is 0 Å². The van der Waals surface area contributed by atoms with E-state index in [-0.39, 0.29) is 0 Å². The second-order valence-corrected chi connectivity index (χ2v) is 2.82. The zero-order chi connectivity index (χ0) is 7.65. The van der Waals surface area contributed by atoms with Crippen LogP contribution < -0.4 is 9.79 Å². The van der Waals surface area contributed by atoms with E-state index in [0.29, 0.717) is 0 Å². The molecule has 2 N–H and O–H groups in total. The number of hydrogen-bond donors (Lipinski definition) is 2. The Hall–Kier alpha value is -0.420. The predicted molar refractivity (Wildman–Crippen MR) is 21.2 cm³/mol. The van der Waals surface area contributed by atoms with Crippen LogP contribution in [0.25, 0.3) is 0 Å². The van der Waals surface area contributed by atoms with Crippen molar-refractivity contribution in [2.45, 2.75) is 5.85 Å². The fourth-order valence-corrected chi connectivity index (χ4v) is 0.406. The van der Waals surface area contributed by atoms with Gasteiger partial charge in [-0.25, -0.2) is 4.79 Å². The number of carbonyl (C=O) groups is 1. The van der Waals surface area contributed by atoms with Crippen molar-refractivity contribution in [1.29, 1.82) is 0 Å². The molecule has 1 unspecified atom stereocenters. The van der Waals surface area contributed by atoms with Crippen molar-refractivity contribution in [3.05, 3.63) is 0 Å². The molecule has 7 heteroatoms. The molecule has 0 aliphatic carbocycles. The maximum atomic E-state index is 9.61. The van der Waals surface area contributed by atoms with E-state index in [0.717, 1.165) is 0 Å². The van der Waals surface area contributed by atoms with Crippen LogP contribution in [0.4, 0.5) is 0 Å². The molecule has 0 amide bonds. The van der Waals surface area contributed by atoms with Crippen molar-refractivity contribution in [3.8, 4) is 0 Å². The number of hydrogen-bond acceptors (Lipinski definition) is 5. The first-order valence-electron chi connectivity index (χ1n) is 1.78. The summed E-state index contributed by atoms with van der Waals surface area (Å²) in [5.41, 5.74) is 0. The van der Waals surface area contributed by atoms with E-state index in [1.807, 2.05) is 0 Å². The summed E-state index contributed by atoms with van der Waals surface area (Å²) in [5.74, 6) is -4.87. The molecule has 0 aromatic carbocycles. The predicted octanol–water partition coefficient (Wildman–Crippen LogP) is -2.70. The Morgan fingerprint density at radius 3 is 1.89 bits per heavy atom. The maximum absolute atomic E-state index is 9.61. The Kier molecular flexibility index (Phi) is 2.33. The Morgan fingerprint density at radius 1 is 1.56 bits per heavy atom. The fourth-order valence-electron chi connectivity index (χ4n) is 0.135. The topological polar surface area (TPSA) is 121 Å². The van der Waals surface area contributed by atoms with Crippen molar-refractivity contribution >= 4 is 13.6 Å². The Morgan fingerprint density at radius 2 is 1.89 bits per heavy atom. The van der Waals surface area contributed by atoms with Crippen LogP contribution in [-0.2, 0) is 9.36 Å². The Labute approximate surface area is 49.9 Å². The highest BCUT2D eigenvalue weighted by Gasteiger charge is 2.16. The molecule has 9 heavy (non-hydrogen) atoms. The number of aliphatic hydroxyl groups is 1. The Bertz CT molecular complexity index is 156. The lowest BCUT2D eigenvalue weighted by Crippen LogP contribution is -2.31. The van der Waals surface area contributed by atoms with Crippen molar-refractivity contribution in [2.75, 3.05) is 0 Å². The molecule has 0 aromatic rings. The summed E-state index contributed by atoms with van der Waals surface area (Å²) >= 11 is 0. The summed E-state index contributed by atoms with van der Waals surface area (Å²) in [6.45, 7) is 0. The van der Waals surface area contributed by atoms with Crippen LogP contribution in [0.2, 0.25) is 0 Å². The fraction of sp³-hybridized carbons (Fsp3) is 0.500. The zero-order valence-electron chi connectivity index (χ0n) is 4.05. The minimum atomic E-state index is -5.36. The summed E-state index contributed by atoms with van der Waals surface area (Å²) in [6, 6.07) is 0. The lowest BCUT2D eigenvalue weighted by Gasteiger charge is -2.31. The van der Waals surface area contributed by atoms with Gasteiger partial charge in [-0.2, -0.15) is 0 Å². The third-order valence-corrected chi connectivity index (χ3v) is 1.34. The summed E-state index contributed by atoms with van der Waals surface area (Å²) in [5, 5.41) is 15.7. The highest BCUT2D eigenvalue weighted by Crippen LogP contribution is 2.28. The summed E-state index contributed by atoms with van der Waals surface area (Å²) in [6.07, 6.45) is 0. The van der Waals surface area contributed by atoms with Crippen LogP contribution >= 0.6 is 7.60 Å². The van der Waals surface area contributed by atoms with E-state index >= 15 is 0 Å². The van der Waals surface area contributed by atoms with E-state index in [2.05, 4.69) is 0 Å². The highest BCUT2D eigenvalue weighted by molar-refractivity contribution is 7.50. The van der Waals surface area contributed by atoms with Gasteiger partial charge >= 0.3 is 5.97 Å². The van der Waals surface area contributed by atoms with Gasteiger partial charge in [-0.3, -0.25) is 0 Å². The number of rotatable bonds is 2. The quantitative estimate of drug-likeness (QED) is 0.417. The standard InChI is InChI=1S/C2H5O6P/c3-1(4)2(5)9(6,7)8/h2,5H,(H,3,4)(H2,6,7,8)/p-2. The molecule has 0 fully saturated rings. The number of carboxylic acids is 1. The Balaban J connectivity index is 4.23. The zero-order valence-corrected chi connectivity index (χ0v) is 4.95. The molecular formula is C2H3O6P-2. The molecule has 6 nitrogen and oxygen atoms in total. The molecule has 54 valence electrons. The van der Waals surface area contributed by atoms with E-state index < -0.39 is 19.4 Å². The van der Waals surface area contributed by atoms with Gasteiger partial charge in [0.05, 0.1) is 0 Å². The van der Waals surface area contributed by atoms with Gasteiger partial charge < -0.3 is 24.6 Å². The SMILES string of the molecule is O=C(O)C(O)P(=O)([O-])[O-]. The van der Waals surface area contributed by atoms with E-state index in [1.165, 1.54) is 0 Å². The smallest absolute Gasteiger partial charge is 0.337 e. The van der Waals surface area contributed by atoms with E-state index in [9.17, 15) is 19.1 Å². The van der Waals surface area contributed by atoms with Gasteiger partial charge in [0.25, 0.3) is 0 Å². The van der Waals surface area contributed by atoms with Gasteiger partial charge in [0, 0.05) is 0 Å². The lowest BCUT2D eigenvalue weighted by molar-refractivity contribution is -0.321. The van der Waals surface area contributed by atoms with Gasteiger partial charge in [0.15, 0.2) is 5.85 Å². The van der Waals surface area contributed by atoms with Crippen LogP contribution in [0.5, 0.6) is 0 Å². The molecule has 0 aromatic heterocycles. The third-order valence-electron chi connectivity index (χ3n) is 0.520. The molecule has 0 spiro atoms. The molecule has 0 saturated carbocycles. The number of aliphatic hydroxyl groups excluding tert-OH is 1. The van der Waals surface area contributed by atoms with Crippen LogP contribution in [0, 0.1) is 0 Å². The van der Waals surface area contributed by atoms with Crippen molar-refractivity contribution in [3.63, 3.8) is 0 Å². The largest absolute Gasteiger partial charge is 0.809 e. The van der Waals surface area contributed by atoms with Crippen LogP contribution in [0.3, 0.4) is 0 Å². The first-order chi connectivity index (χ1) is 3.85. The van der Waals surface area contributed by atoms with Gasteiger partial charge in [-0.1, -0.05) is 0 Å². The first kappa shape index (κ1) is 8.58. The minimum absolute atomic E-state index is 2.05. The summed E-state index contributed by atoms with van der Waals surface area (Å²) in [7, 11) is -5.36. The van der Waals surface area contributed by atoms with Crippen LogP contribution in [-0.4, -0.2) is 22.0 Å². The maximum Gasteiger partial charge on any atom is 0.337 e. The lowest BCUT2D eigenvalue weighted by atomic mass is 10.7. The average molecular weight is 154 g/mol. The molecule has 0 heterocycles. The van der Waals surface area contributed by atoms with Crippen LogP contribution in [0.15, 0.2) is 0 Å². The van der Waals surface area contributed by atoms with Gasteiger partial charge in [-0.15, -0.1) is 0 Å².